The van der Waals surface area contributed by atoms with E-state index in [2.05, 4.69) is 53.4 Å². The van der Waals surface area contributed by atoms with Gasteiger partial charge < -0.3 is 14.4 Å². The number of hydrogen-bond acceptors (Lipinski definition) is 4. The Morgan fingerprint density at radius 1 is 1.00 bits per heavy atom. The van der Waals surface area contributed by atoms with Crippen LogP contribution in [0.4, 0.5) is 4.79 Å². The Bertz CT molecular complexity index is 734. The zero-order valence-electron chi connectivity index (χ0n) is 17.9. The molecular formula is C24H32N2O3. The average molecular weight is 397 g/mol. The van der Waals surface area contributed by atoms with Crippen molar-refractivity contribution in [2.75, 3.05) is 33.4 Å². The zero-order valence-corrected chi connectivity index (χ0v) is 17.9. The third kappa shape index (κ3) is 5.58. The van der Waals surface area contributed by atoms with Crippen molar-refractivity contribution in [1.29, 1.82) is 0 Å². The molecule has 5 heteroatoms. The van der Waals surface area contributed by atoms with Gasteiger partial charge in [0.05, 0.1) is 18.7 Å². The number of nitrogens with zero attached hydrogens (tertiary/aromatic N) is 2. The number of piperazine rings is 1. The average Bonchev–Trinajstić information content (AvgIpc) is 2.69. The molecule has 1 heterocycles. The van der Waals surface area contributed by atoms with E-state index in [4.69, 9.17) is 9.47 Å². The van der Waals surface area contributed by atoms with Crippen molar-refractivity contribution in [2.24, 2.45) is 0 Å². The van der Waals surface area contributed by atoms with Crippen LogP contribution in [0.15, 0.2) is 60.7 Å². The summed E-state index contributed by atoms with van der Waals surface area (Å²) in [5.41, 5.74) is 1.99. The van der Waals surface area contributed by atoms with Crippen LogP contribution in [-0.2, 0) is 9.47 Å². The van der Waals surface area contributed by atoms with Crippen LogP contribution in [0.1, 0.15) is 37.9 Å². The number of benzene rings is 2. The lowest BCUT2D eigenvalue weighted by Crippen LogP contribution is -2.58. The lowest BCUT2D eigenvalue weighted by atomic mass is 9.95. The van der Waals surface area contributed by atoms with E-state index in [-0.39, 0.29) is 18.2 Å². The largest absolute Gasteiger partial charge is 0.444 e. The number of methoxy groups -OCH3 is 1. The summed E-state index contributed by atoms with van der Waals surface area (Å²) in [6, 6.07) is 21.2. The highest BCUT2D eigenvalue weighted by molar-refractivity contribution is 5.68. The number of rotatable bonds is 5. The van der Waals surface area contributed by atoms with Gasteiger partial charge in [-0.15, -0.1) is 0 Å². The molecule has 29 heavy (non-hydrogen) atoms. The minimum Gasteiger partial charge on any atom is -0.444 e. The number of amides is 1. The highest BCUT2D eigenvalue weighted by Crippen LogP contribution is 2.31. The van der Waals surface area contributed by atoms with Gasteiger partial charge in [-0.1, -0.05) is 60.7 Å². The first-order valence-corrected chi connectivity index (χ1v) is 10.2. The van der Waals surface area contributed by atoms with E-state index in [0.29, 0.717) is 13.2 Å². The summed E-state index contributed by atoms with van der Waals surface area (Å²) in [6.45, 7) is 8.27. The van der Waals surface area contributed by atoms with Crippen molar-refractivity contribution in [1.82, 2.24) is 9.80 Å². The quantitative estimate of drug-likeness (QED) is 0.754. The predicted molar refractivity (Wildman–Crippen MR) is 115 cm³/mol. The monoisotopic (exact) mass is 396 g/mol. The topological polar surface area (TPSA) is 42.0 Å². The molecule has 156 valence electrons. The minimum atomic E-state index is -0.511. The van der Waals surface area contributed by atoms with Gasteiger partial charge in [0.2, 0.25) is 0 Å². The van der Waals surface area contributed by atoms with Crippen LogP contribution in [0.3, 0.4) is 0 Å². The molecule has 1 fully saturated rings. The van der Waals surface area contributed by atoms with Gasteiger partial charge in [0, 0.05) is 26.7 Å². The van der Waals surface area contributed by atoms with Crippen LogP contribution in [-0.4, -0.2) is 60.9 Å². The van der Waals surface area contributed by atoms with Crippen molar-refractivity contribution in [3.05, 3.63) is 71.8 Å². The zero-order chi connectivity index (χ0) is 20.9. The molecule has 0 N–H and O–H groups in total. The number of carbonyl (C=O) groups is 1. The van der Waals surface area contributed by atoms with Crippen molar-refractivity contribution >= 4 is 6.09 Å². The van der Waals surface area contributed by atoms with Crippen LogP contribution in [0.25, 0.3) is 0 Å². The Labute approximate surface area is 174 Å². The normalized spacial score (nSPS) is 18.1. The van der Waals surface area contributed by atoms with Crippen LogP contribution >= 0.6 is 0 Å². The van der Waals surface area contributed by atoms with Crippen LogP contribution in [0.5, 0.6) is 0 Å². The molecule has 1 aliphatic heterocycles. The fourth-order valence-corrected chi connectivity index (χ4v) is 3.89. The number of ether oxygens (including phenoxy) is 2. The second kappa shape index (κ2) is 9.42. The molecule has 1 amide bonds. The smallest absolute Gasteiger partial charge is 0.410 e. The standard InChI is InChI=1S/C24H32N2O3/c1-24(2,3)29-23(27)26-16-15-25(17-21(26)18-28-4)22(19-11-7-5-8-12-19)20-13-9-6-10-14-20/h5-14,21-22H,15-18H2,1-4H3/t21-/m1/s1. The van der Waals surface area contributed by atoms with E-state index >= 15 is 0 Å². The van der Waals surface area contributed by atoms with E-state index in [9.17, 15) is 4.79 Å². The lowest BCUT2D eigenvalue weighted by molar-refractivity contribution is -0.0206. The Hall–Kier alpha value is -2.37. The van der Waals surface area contributed by atoms with Gasteiger partial charge >= 0.3 is 6.09 Å². The fraction of sp³-hybridized carbons (Fsp3) is 0.458. The molecule has 2 aromatic carbocycles. The first kappa shape index (κ1) is 21.3. The predicted octanol–water partition coefficient (Wildman–Crippen LogP) is 4.34. The summed E-state index contributed by atoms with van der Waals surface area (Å²) in [4.78, 5) is 17.0. The molecule has 0 spiro atoms. The molecule has 2 aromatic rings. The molecule has 0 bridgehead atoms. The van der Waals surface area contributed by atoms with Crippen molar-refractivity contribution in [2.45, 2.75) is 38.5 Å². The molecule has 1 aliphatic rings. The van der Waals surface area contributed by atoms with E-state index in [1.54, 1.807) is 7.11 Å². The molecule has 1 atom stereocenters. The Morgan fingerprint density at radius 2 is 1.55 bits per heavy atom. The summed E-state index contributed by atoms with van der Waals surface area (Å²) in [5.74, 6) is 0. The van der Waals surface area contributed by atoms with Crippen molar-refractivity contribution in [3.63, 3.8) is 0 Å². The van der Waals surface area contributed by atoms with Gasteiger partial charge in [-0.25, -0.2) is 4.79 Å². The summed E-state index contributed by atoms with van der Waals surface area (Å²) in [7, 11) is 1.68. The van der Waals surface area contributed by atoms with E-state index in [1.807, 2.05) is 37.8 Å². The molecule has 1 saturated heterocycles. The van der Waals surface area contributed by atoms with Gasteiger partial charge in [0.1, 0.15) is 5.60 Å². The van der Waals surface area contributed by atoms with Crippen molar-refractivity contribution in [3.8, 4) is 0 Å². The minimum absolute atomic E-state index is 0.0569. The highest BCUT2D eigenvalue weighted by Gasteiger charge is 2.36. The maximum absolute atomic E-state index is 12.7. The van der Waals surface area contributed by atoms with Gasteiger partial charge in [-0.3, -0.25) is 4.90 Å². The van der Waals surface area contributed by atoms with E-state index in [1.165, 1.54) is 11.1 Å². The number of carbonyl (C=O) groups excluding carboxylic acids is 1. The second-order valence-corrected chi connectivity index (χ2v) is 8.50. The molecule has 0 unspecified atom stereocenters. The molecule has 5 nitrogen and oxygen atoms in total. The third-order valence-electron chi connectivity index (χ3n) is 5.10. The SMILES string of the molecule is COC[C@H]1CN(C(c2ccccc2)c2ccccc2)CCN1C(=O)OC(C)(C)C. The Balaban J connectivity index is 1.85. The number of hydrogen-bond donors (Lipinski definition) is 0. The summed E-state index contributed by atoms with van der Waals surface area (Å²) in [6.07, 6.45) is -0.268. The molecule has 0 saturated carbocycles. The van der Waals surface area contributed by atoms with Gasteiger partial charge in [0.25, 0.3) is 0 Å². The Morgan fingerprint density at radius 3 is 2.03 bits per heavy atom. The molecule has 0 aliphatic carbocycles. The highest BCUT2D eigenvalue weighted by atomic mass is 16.6. The van der Waals surface area contributed by atoms with Gasteiger partial charge in [0.15, 0.2) is 0 Å². The van der Waals surface area contributed by atoms with Crippen LogP contribution < -0.4 is 0 Å². The van der Waals surface area contributed by atoms with Crippen LogP contribution in [0.2, 0.25) is 0 Å². The molecule has 0 radical (unpaired) electrons. The molecule has 0 aromatic heterocycles. The van der Waals surface area contributed by atoms with Gasteiger partial charge in [-0.2, -0.15) is 0 Å². The maximum atomic E-state index is 12.7. The lowest BCUT2D eigenvalue weighted by Gasteiger charge is -2.44. The van der Waals surface area contributed by atoms with Crippen molar-refractivity contribution < 1.29 is 14.3 Å². The summed E-state index contributed by atoms with van der Waals surface area (Å²) in [5, 5.41) is 0. The van der Waals surface area contributed by atoms with Crippen LogP contribution in [0, 0.1) is 0 Å². The molecule has 3 rings (SSSR count). The first-order valence-electron chi connectivity index (χ1n) is 10.2. The maximum Gasteiger partial charge on any atom is 0.410 e. The molecular weight excluding hydrogens is 364 g/mol. The van der Waals surface area contributed by atoms with E-state index < -0.39 is 5.60 Å². The summed E-state index contributed by atoms with van der Waals surface area (Å²) >= 11 is 0. The third-order valence-corrected chi connectivity index (χ3v) is 5.10. The first-order chi connectivity index (χ1) is 13.9. The fourth-order valence-electron chi connectivity index (χ4n) is 3.89. The van der Waals surface area contributed by atoms with E-state index in [0.717, 1.165) is 13.1 Å². The Kier molecular flexibility index (Phi) is 6.93. The van der Waals surface area contributed by atoms with Gasteiger partial charge in [-0.05, 0) is 31.9 Å². The second-order valence-electron chi connectivity index (χ2n) is 8.50. The summed E-state index contributed by atoms with van der Waals surface area (Å²) < 4.78 is 11.1.